The summed E-state index contributed by atoms with van der Waals surface area (Å²) in [4.78, 5) is 2.89. The summed E-state index contributed by atoms with van der Waals surface area (Å²) < 4.78 is 1.21. The Balaban J connectivity index is 0.00000116. The zero-order valence-corrected chi connectivity index (χ0v) is 22.1. The van der Waals surface area contributed by atoms with Gasteiger partial charge < -0.3 is 24.8 Å². The Morgan fingerprint density at radius 3 is 1.42 bits per heavy atom. The molecule has 2 atom stereocenters. The van der Waals surface area contributed by atoms with Crippen LogP contribution in [0, 0.1) is 0 Å². The van der Waals surface area contributed by atoms with Crippen molar-refractivity contribution >= 4 is 46.0 Å². The Hall–Kier alpha value is -1.22. The van der Waals surface area contributed by atoms with Crippen molar-refractivity contribution in [2.45, 2.75) is 7.25 Å². The Morgan fingerprint density at radius 1 is 0.548 bits per heavy atom. The van der Waals surface area contributed by atoms with Crippen molar-refractivity contribution in [3.63, 3.8) is 0 Å². The molecule has 2 aromatic carbocycles. The minimum absolute atomic E-state index is 0. The van der Waals surface area contributed by atoms with Gasteiger partial charge in [0.05, 0.1) is 0 Å². The van der Waals surface area contributed by atoms with E-state index in [4.69, 9.17) is 0 Å². The standard InChI is InChI=1S/2C13H9S.2ClH.Zr/c2*1-2-5-11-9-12(8-10(11)4-1)13-6-3-7-14-13;;;/h2*1-9H;2*1H;/q;;;;+2/p-2. The maximum absolute atomic E-state index is 2.46. The van der Waals surface area contributed by atoms with Gasteiger partial charge in [-0.2, -0.15) is 0 Å². The topological polar surface area (TPSA) is 0 Å². The second-order valence-corrected chi connectivity index (χ2v) is 13.0. The third-order valence-electron chi connectivity index (χ3n) is 5.80. The third-order valence-corrected chi connectivity index (χ3v) is 12.3. The van der Waals surface area contributed by atoms with Crippen LogP contribution in [-0.2, 0) is 23.2 Å². The van der Waals surface area contributed by atoms with Crippen LogP contribution in [0.3, 0.4) is 0 Å². The summed E-state index contributed by atoms with van der Waals surface area (Å²) in [6.45, 7) is 0. The number of thiophene rings is 2. The van der Waals surface area contributed by atoms with Crippen LogP contribution in [0.4, 0.5) is 0 Å². The number of rotatable bonds is 4. The number of hydrogen-bond acceptors (Lipinski definition) is 2. The first-order valence-electron chi connectivity index (χ1n) is 9.83. The van der Waals surface area contributed by atoms with E-state index in [0.717, 1.165) is 0 Å². The molecule has 0 radical (unpaired) electrons. The minimum Gasteiger partial charge on any atom is -1.00 e. The van der Waals surface area contributed by atoms with E-state index in [-0.39, 0.29) is 24.8 Å². The molecule has 2 aromatic heterocycles. The minimum atomic E-state index is -0.881. The van der Waals surface area contributed by atoms with E-state index in [1.165, 1.54) is 20.9 Å². The van der Waals surface area contributed by atoms with Gasteiger partial charge in [0.25, 0.3) is 0 Å². The quantitative estimate of drug-likeness (QED) is 0.360. The molecule has 152 valence electrons. The number of benzene rings is 2. The van der Waals surface area contributed by atoms with Gasteiger partial charge in [0.15, 0.2) is 0 Å². The fourth-order valence-corrected chi connectivity index (χ4v) is 11.6. The average molecular weight is 557 g/mol. The molecular formula is C26H18Cl2S2Zr. The molecule has 0 fully saturated rings. The van der Waals surface area contributed by atoms with E-state index in [0.29, 0.717) is 7.25 Å². The molecule has 2 unspecified atom stereocenters. The molecule has 0 N–H and O–H groups in total. The van der Waals surface area contributed by atoms with Gasteiger partial charge in [-0.3, -0.25) is 0 Å². The summed E-state index contributed by atoms with van der Waals surface area (Å²) in [7, 11) is 0. The summed E-state index contributed by atoms with van der Waals surface area (Å²) in [5, 5.41) is 4.42. The second kappa shape index (κ2) is 9.73. The van der Waals surface area contributed by atoms with Crippen molar-refractivity contribution in [2.24, 2.45) is 0 Å². The largest absolute Gasteiger partial charge is 1.00 e. The summed E-state index contributed by atoms with van der Waals surface area (Å²) >= 11 is 2.89. The van der Waals surface area contributed by atoms with Gasteiger partial charge in [0, 0.05) is 0 Å². The first kappa shape index (κ1) is 23.0. The van der Waals surface area contributed by atoms with Crippen molar-refractivity contribution in [1.29, 1.82) is 0 Å². The molecule has 0 spiro atoms. The monoisotopic (exact) mass is 554 g/mol. The van der Waals surface area contributed by atoms with Gasteiger partial charge in [-0.15, -0.1) is 0 Å². The van der Waals surface area contributed by atoms with Crippen LogP contribution in [0.1, 0.15) is 39.3 Å². The molecule has 0 nitrogen and oxygen atoms in total. The molecular weight excluding hydrogens is 539 g/mol. The first-order valence-corrected chi connectivity index (χ1v) is 14.4. The number of hydrogen-bond donors (Lipinski definition) is 0. The van der Waals surface area contributed by atoms with E-state index in [9.17, 15) is 0 Å². The average Bonchev–Trinajstić information content (AvgIpc) is 3.55. The van der Waals surface area contributed by atoms with Gasteiger partial charge in [0.2, 0.25) is 0 Å². The number of halogens is 2. The van der Waals surface area contributed by atoms with Crippen molar-refractivity contribution in [3.05, 3.63) is 116 Å². The van der Waals surface area contributed by atoms with Crippen molar-refractivity contribution in [2.75, 3.05) is 0 Å². The molecule has 0 aliphatic heterocycles. The zero-order valence-electron chi connectivity index (χ0n) is 16.5. The molecule has 0 saturated carbocycles. The predicted molar refractivity (Wildman–Crippen MR) is 123 cm³/mol. The Kier molecular flexibility index (Phi) is 7.21. The third kappa shape index (κ3) is 4.12. The maximum atomic E-state index is 2.46. The fraction of sp³-hybridized carbons (Fsp3) is 0.0769. The summed E-state index contributed by atoms with van der Waals surface area (Å²) in [6.07, 6.45) is 4.92. The molecule has 2 heterocycles. The molecule has 2 aliphatic rings. The van der Waals surface area contributed by atoms with E-state index >= 15 is 0 Å². The van der Waals surface area contributed by atoms with E-state index in [1.54, 1.807) is 22.3 Å². The predicted octanol–water partition coefficient (Wildman–Crippen LogP) is 1.79. The van der Waals surface area contributed by atoms with Crippen LogP contribution in [0.25, 0.3) is 23.3 Å². The van der Waals surface area contributed by atoms with Gasteiger partial charge in [-0.05, 0) is 0 Å². The molecule has 4 aromatic rings. The van der Waals surface area contributed by atoms with Crippen LogP contribution < -0.4 is 24.8 Å². The number of allylic oxidation sites excluding steroid dienone is 2. The van der Waals surface area contributed by atoms with Gasteiger partial charge in [0.1, 0.15) is 0 Å². The van der Waals surface area contributed by atoms with Crippen molar-refractivity contribution in [3.8, 4) is 0 Å². The number of fused-ring (bicyclic) bond motifs is 2. The van der Waals surface area contributed by atoms with Gasteiger partial charge in [-0.25, -0.2) is 0 Å². The molecule has 0 amide bonds. The molecule has 31 heavy (non-hydrogen) atoms. The van der Waals surface area contributed by atoms with Crippen LogP contribution in [-0.4, -0.2) is 0 Å². The van der Waals surface area contributed by atoms with E-state index in [1.807, 2.05) is 22.7 Å². The van der Waals surface area contributed by atoms with Crippen LogP contribution in [0.5, 0.6) is 0 Å². The van der Waals surface area contributed by atoms with Gasteiger partial charge >= 0.3 is 192 Å². The smallest absolute Gasteiger partial charge is 1.00 e. The van der Waals surface area contributed by atoms with Crippen molar-refractivity contribution < 1.29 is 48.0 Å². The van der Waals surface area contributed by atoms with Crippen molar-refractivity contribution in [1.82, 2.24) is 0 Å². The Morgan fingerprint density at radius 2 is 1.00 bits per heavy atom. The normalized spacial score (nSPS) is 18.1. The first-order chi connectivity index (χ1) is 14.4. The second-order valence-electron chi connectivity index (χ2n) is 7.44. The van der Waals surface area contributed by atoms with E-state index in [2.05, 4.69) is 95.7 Å². The molecule has 2 aliphatic carbocycles. The van der Waals surface area contributed by atoms with E-state index < -0.39 is 23.2 Å². The van der Waals surface area contributed by atoms with Crippen LogP contribution >= 0.6 is 22.7 Å². The Bertz CT molecular complexity index is 1140. The zero-order chi connectivity index (χ0) is 19.2. The SMILES string of the molecule is C1=C(c2cccs2)[CH]([Zr+2][CH]2C(c3cccs3)=Cc3ccccc32)c2ccccc21.[Cl-].[Cl-]. The van der Waals surface area contributed by atoms with Crippen LogP contribution in [0.15, 0.2) is 83.6 Å². The molecule has 6 rings (SSSR count). The van der Waals surface area contributed by atoms with Gasteiger partial charge in [-0.1, -0.05) is 0 Å². The molecule has 0 saturated heterocycles. The van der Waals surface area contributed by atoms with Crippen LogP contribution in [0.2, 0.25) is 0 Å². The summed E-state index contributed by atoms with van der Waals surface area (Å²) in [5.74, 6) is 0. The Labute approximate surface area is 215 Å². The summed E-state index contributed by atoms with van der Waals surface area (Å²) in [6, 6.07) is 27.1. The fourth-order valence-electron chi connectivity index (χ4n) is 4.49. The summed E-state index contributed by atoms with van der Waals surface area (Å²) in [5.41, 5.74) is 9.07. The molecule has 5 heteroatoms. The maximum Gasteiger partial charge on any atom is -1.00 e. The molecule has 0 bridgehead atoms.